The topological polar surface area (TPSA) is 750 Å². The molecule has 1 aromatic carbocycles. The number of phosphoric ester groups is 2. The monoisotopic (exact) mass is 1870 g/mol. The Labute approximate surface area is 794 Å². The minimum atomic E-state index is -6.77. The number of imidazole rings is 4. The number of nitrogens with two attached hydrogens (primary N) is 4. The number of methoxy groups -OCH3 is 2. The van der Waals surface area contributed by atoms with E-state index in [2.05, 4.69) is 63.4 Å². The smallest absolute Gasteiger partial charge is 0.856 e. The van der Waals surface area contributed by atoms with Gasteiger partial charge in [-0.2, -0.15) is 9.97 Å². The molecule has 53 nitrogen and oxygen atoms in total. The van der Waals surface area contributed by atoms with Crippen LogP contribution in [-0.4, -0.2) is 214 Å². The van der Waals surface area contributed by atoms with Crippen LogP contribution in [0.2, 0.25) is 0 Å². The van der Waals surface area contributed by atoms with Crippen LogP contribution in [0.3, 0.4) is 0 Å². The quantitative estimate of drug-likeness (QED) is 0.00472. The molecule has 4 saturated heterocycles. The molecule has 10 unspecified atom stereocenters. The summed E-state index contributed by atoms with van der Waals surface area (Å²) in [5, 5.41) is 59.1. The standard InChI is InChI=1S/C55H72N21O32P5S2.5Na/c1-55(2,3)39(21-9-7-8-10-22(21)76(83)84)96-20-95-36-32(78)24(102-49(36)75-19-71(4)30-44(75)67-54(59)70-47(30)82)11-97-109(85,86)107-111(89,90)108-110(87,88)98-13-25-34(37(93-5)50(103-25)72-16-62-27-40(56)60-15-61-41(27)72)105-113(92,115)100-14-26-35(38(94-6)51(104-26)74-18-64-29-43(74)66-53(58)69-46(29)81)106-112(91,114)99-12-23-31(77)33(79)48(101-23)73-17-63-28-42(73)65-52(57)68-45(28)80;;;;;/h7-10,15-19,23-26,31-39,48-51,77-79H,11-14,20H2,1-6H3,(H15-,56,57,58,59,60,61,65,66,67,68,69,70,80,81,82,85,86,87,88,89,90,91,92,114,115);;;;;/q;5*+1/p-5/t23-,24-,25-,26-,31?,32+,33+,34?,35?,36?,37+,38+,39?,48-,49-,50-,51-,112?,113?;;;;;/m1...../s1. The molecular weight excluding hydrogens is 1800 g/mol. The molecule has 0 amide bonds. The summed E-state index contributed by atoms with van der Waals surface area (Å²) in [6.07, 6.45) is -23.1. The minimum Gasteiger partial charge on any atom is -0.856 e. The van der Waals surface area contributed by atoms with Gasteiger partial charge in [0.1, 0.15) is 105 Å². The number of fused-ring (bicyclic) bond motifs is 4. The van der Waals surface area contributed by atoms with E-state index in [1.165, 1.54) is 42.2 Å². The molecule has 0 saturated carbocycles. The summed E-state index contributed by atoms with van der Waals surface area (Å²) >= 11 is 10.7. The van der Waals surface area contributed by atoms with E-state index >= 15 is 0 Å². The average molecular weight is 1870 g/mol. The van der Waals surface area contributed by atoms with Crippen molar-refractivity contribution >= 4 is 135 Å². The second kappa shape index (κ2) is 41.0. The first-order valence-corrected chi connectivity index (χ1v) is 42.7. The number of aryl methyl sites for hydroxylation is 1. The molecule has 4 aliphatic rings. The molecule has 12 heterocycles. The fourth-order valence-corrected chi connectivity index (χ4v) is 19.4. The first kappa shape index (κ1) is 103. The molecule has 8 aromatic heterocycles. The Bertz CT molecular complexity index is 5580. The van der Waals surface area contributed by atoms with Gasteiger partial charge in [-0.05, 0) is 11.5 Å². The van der Waals surface area contributed by atoms with Gasteiger partial charge in [-0.1, -0.05) is 61.5 Å². The maximum atomic E-state index is 14.8. The largest absolute Gasteiger partial charge is 1.00 e. The van der Waals surface area contributed by atoms with Crippen molar-refractivity contribution in [2.24, 2.45) is 12.5 Å². The minimum absolute atomic E-state index is 0. The number of hydrogen-bond acceptors (Lipinski definition) is 47. The number of aliphatic hydroxyl groups excluding tert-OH is 3. The van der Waals surface area contributed by atoms with Crippen LogP contribution < -0.4 is 216 Å². The van der Waals surface area contributed by atoms with E-state index in [0.717, 1.165) is 57.8 Å². The van der Waals surface area contributed by atoms with Crippen molar-refractivity contribution in [3.05, 3.63) is 92.3 Å². The van der Waals surface area contributed by atoms with Gasteiger partial charge in [0, 0.05) is 26.2 Å². The van der Waals surface area contributed by atoms with Gasteiger partial charge in [-0.3, -0.25) is 61.6 Å². The number of para-hydroxylation sites is 1. The summed E-state index contributed by atoms with van der Waals surface area (Å²) < 4.78 is 135. The first-order chi connectivity index (χ1) is 54.1. The molecule has 120 heavy (non-hydrogen) atoms. The number of aromatic nitrogens is 16. The molecular formula is C55H67N21Na5O32P5S2. The Hall–Kier alpha value is -2.55. The Morgan fingerprint density at radius 1 is 0.617 bits per heavy atom. The number of nitro benzene ring substituents is 1. The predicted molar refractivity (Wildman–Crippen MR) is 376 cm³/mol. The molecule has 0 radical (unpaired) electrons. The van der Waals surface area contributed by atoms with E-state index in [1.54, 1.807) is 20.8 Å². The molecule has 4 aliphatic heterocycles. The van der Waals surface area contributed by atoms with E-state index in [9.17, 15) is 78.3 Å². The number of phosphoric acid groups is 3. The second-order valence-corrected chi connectivity index (χ2v) is 36.6. The zero-order valence-corrected chi connectivity index (χ0v) is 80.9. The third-order valence-electron chi connectivity index (χ3n) is 18.1. The van der Waals surface area contributed by atoms with E-state index in [-0.39, 0.29) is 215 Å². The van der Waals surface area contributed by atoms with Gasteiger partial charge in [0.2, 0.25) is 18.1 Å². The molecule has 0 spiro atoms. The van der Waals surface area contributed by atoms with E-state index in [0.29, 0.717) is 0 Å². The van der Waals surface area contributed by atoms with Gasteiger partial charge >= 0.3 is 153 Å². The van der Waals surface area contributed by atoms with Crippen LogP contribution in [-0.2, 0) is 118 Å². The molecule has 9 aromatic rings. The SMILES string of the molecule is CO[C@H]1C(OP([O-])(=S)OC[C@H]2O[C@@H](n3cnc4c(=O)[nH]c(N)nc43)[C@@H](OC)C2OP([O-])(=S)OC[C@H]2O[C@@H](n3cnc4c(=O)[nH]c(N)nc43)[C@@H](O)C2O)[C@@H](COP(=O)([O-])OP(=O)([O-])OP(=O)([O-])OC[C@H]2O[C@@H]([n+]3cn(C)c4c([O-])nc(N)nc43)C(OCOC(c3ccccc3[N+](=O)[O-])C(C)(C)C)[C@H]2O)O[C@H]1n1cnc2c(N)ncnc21.[Na+].[Na+].[Na+].[Na+].[Na+]. The zero-order valence-electron chi connectivity index (χ0n) is 64.8. The second-order valence-electron chi connectivity index (χ2n) is 26.7. The van der Waals surface area contributed by atoms with Crippen molar-refractivity contribution in [1.82, 2.24) is 73.1 Å². The van der Waals surface area contributed by atoms with Crippen LogP contribution in [0, 0.1) is 15.5 Å². The van der Waals surface area contributed by atoms with Gasteiger partial charge in [0.25, 0.3) is 46.2 Å². The van der Waals surface area contributed by atoms with E-state index in [4.69, 9.17) is 112 Å². The maximum absolute atomic E-state index is 14.8. The Morgan fingerprint density at radius 2 is 1.09 bits per heavy atom. The molecule has 65 heteroatoms. The number of hydrogen-bond donors (Lipinski definition) is 9. The third-order valence-corrected chi connectivity index (χ3v) is 25.3. The average Bonchev–Trinajstić information content (AvgIpc) is 1.62. The number of nitrogens with one attached hydrogen (secondary N) is 2. The molecule has 13 rings (SSSR count). The van der Waals surface area contributed by atoms with Gasteiger partial charge in [-0.25, -0.2) is 43.1 Å². The summed E-state index contributed by atoms with van der Waals surface area (Å²) in [4.78, 5) is 147. The number of ether oxygens (including phenoxy) is 8. The predicted octanol–water partition coefficient (Wildman–Crippen LogP) is -20.0. The van der Waals surface area contributed by atoms with Crippen LogP contribution in [0.25, 0.3) is 44.7 Å². The fourth-order valence-electron chi connectivity index (χ4n) is 13.2. The van der Waals surface area contributed by atoms with Gasteiger partial charge in [0.05, 0.1) is 69.0 Å². The third kappa shape index (κ3) is 22.5. The summed E-state index contributed by atoms with van der Waals surface area (Å²) in [5.74, 6) is -2.23. The number of aliphatic hydroxyl groups is 3. The number of nitrogens with zero attached hydrogens (tertiary/aromatic N) is 15. The van der Waals surface area contributed by atoms with Crippen molar-refractivity contribution in [2.45, 2.75) is 125 Å². The number of aromatic amines is 2. The van der Waals surface area contributed by atoms with Crippen LogP contribution in [0.4, 0.5) is 29.4 Å². The summed E-state index contributed by atoms with van der Waals surface area (Å²) in [7, 11) is -16.1. The zero-order chi connectivity index (χ0) is 83.1. The van der Waals surface area contributed by atoms with Crippen molar-refractivity contribution in [1.29, 1.82) is 0 Å². The van der Waals surface area contributed by atoms with Crippen LogP contribution in [0.1, 0.15) is 57.4 Å². The number of anilines is 4. The molecule has 0 aliphatic carbocycles. The van der Waals surface area contributed by atoms with Crippen LogP contribution in [0.15, 0.2) is 65.5 Å². The number of nitro groups is 1. The van der Waals surface area contributed by atoms with Crippen molar-refractivity contribution < 1.29 is 290 Å². The Kier molecular flexibility index (Phi) is 35.2. The van der Waals surface area contributed by atoms with Gasteiger partial charge in [0.15, 0.2) is 64.3 Å². The number of benzene rings is 1. The van der Waals surface area contributed by atoms with Crippen LogP contribution in [0.5, 0.6) is 5.88 Å². The van der Waals surface area contributed by atoms with E-state index < -0.39 is 214 Å². The van der Waals surface area contributed by atoms with Crippen molar-refractivity contribution in [2.75, 3.05) is 70.4 Å². The summed E-state index contributed by atoms with van der Waals surface area (Å²) in [5.41, 5.74) is 19.7. The Balaban J connectivity index is 0.00000358. The summed E-state index contributed by atoms with van der Waals surface area (Å²) in [6.45, 7) is -10.6. The number of nitrogen functional groups attached to an aromatic ring is 4. The first-order valence-electron chi connectivity index (χ1n) is 33.3. The maximum Gasteiger partial charge on any atom is 1.00 e. The van der Waals surface area contributed by atoms with Crippen molar-refractivity contribution in [3.63, 3.8) is 0 Å². The number of rotatable bonds is 32. The molecule has 13 N–H and O–H groups in total. The van der Waals surface area contributed by atoms with Crippen LogP contribution >= 0.6 is 36.9 Å². The summed E-state index contributed by atoms with van der Waals surface area (Å²) in [6, 6.07) is 5.69. The van der Waals surface area contributed by atoms with E-state index in [1.807, 2.05) is 0 Å². The molecule has 0 bridgehead atoms. The van der Waals surface area contributed by atoms with Gasteiger partial charge in [-0.15, -0.1) is 0 Å². The molecule has 4 fully saturated rings. The van der Waals surface area contributed by atoms with Crippen molar-refractivity contribution in [3.8, 4) is 5.88 Å². The fraction of sp³-hybridized carbons (Fsp3) is 0.527. The number of H-pyrrole nitrogens is 2. The molecule has 22 atom stereocenters. The van der Waals surface area contributed by atoms with Gasteiger partial charge < -0.3 is 133 Å². The Morgan fingerprint density at radius 3 is 1.62 bits per heavy atom. The normalized spacial score (nSPS) is 27.1. The molecule has 626 valence electrons.